The number of esters is 1. The molecule has 1 fully saturated rings. The van der Waals surface area contributed by atoms with Gasteiger partial charge in [0.15, 0.2) is 0 Å². The van der Waals surface area contributed by atoms with Crippen LogP contribution in [-0.2, 0) is 14.3 Å². The van der Waals surface area contributed by atoms with Crippen LogP contribution in [0.5, 0.6) is 0 Å². The second-order valence-corrected chi connectivity index (χ2v) is 1.82. The van der Waals surface area contributed by atoms with Gasteiger partial charge < -0.3 is 9.47 Å². The molecule has 0 radical (unpaired) electrons. The monoisotopic (exact) mass is 116 g/mol. The number of carbonyl (C=O) groups is 1. The fourth-order valence-electron chi connectivity index (χ4n) is 0.453. The van der Waals surface area contributed by atoms with Gasteiger partial charge in [0.05, 0.1) is 0 Å². The van der Waals surface area contributed by atoms with Gasteiger partial charge in [0.1, 0.15) is 6.10 Å². The Balaban J connectivity index is 2.14. The Hall–Kier alpha value is -0.570. The van der Waals surface area contributed by atoms with Crippen LogP contribution in [0.3, 0.4) is 0 Å². The SMILES string of the molecule is CC(=O)OC1OC1C. The van der Waals surface area contributed by atoms with Crippen LogP contribution in [-0.4, -0.2) is 18.4 Å². The molecule has 8 heavy (non-hydrogen) atoms. The summed E-state index contributed by atoms with van der Waals surface area (Å²) >= 11 is 0. The van der Waals surface area contributed by atoms with Gasteiger partial charge in [-0.2, -0.15) is 0 Å². The van der Waals surface area contributed by atoms with Crippen molar-refractivity contribution in [3.05, 3.63) is 0 Å². The zero-order chi connectivity index (χ0) is 6.15. The molecule has 0 amide bonds. The smallest absolute Gasteiger partial charge is 0.305 e. The van der Waals surface area contributed by atoms with Gasteiger partial charge in [0.2, 0.25) is 6.29 Å². The van der Waals surface area contributed by atoms with E-state index in [1.165, 1.54) is 6.92 Å². The molecule has 2 atom stereocenters. The maximum absolute atomic E-state index is 10.1. The van der Waals surface area contributed by atoms with Crippen molar-refractivity contribution in [1.29, 1.82) is 0 Å². The molecule has 0 aromatic carbocycles. The number of epoxide rings is 1. The zero-order valence-electron chi connectivity index (χ0n) is 4.88. The van der Waals surface area contributed by atoms with Crippen LogP contribution in [0.15, 0.2) is 0 Å². The minimum Gasteiger partial charge on any atom is -0.433 e. The van der Waals surface area contributed by atoms with E-state index in [0.29, 0.717) is 0 Å². The number of hydrogen-bond acceptors (Lipinski definition) is 3. The second kappa shape index (κ2) is 1.74. The van der Waals surface area contributed by atoms with E-state index in [9.17, 15) is 4.79 Å². The van der Waals surface area contributed by atoms with Crippen molar-refractivity contribution in [2.45, 2.75) is 26.2 Å². The standard InChI is InChI=1S/C5H8O3/c1-3-5(7-3)8-4(2)6/h3,5H,1-2H3. The highest BCUT2D eigenvalue weighted by atomic mass is 16.8. The van der Waals surface area contributed by atoms with Crippen LogP contribution in [0.1, 0.15) is 13.8 Å². The highest BCUT2D eigenvalue weighted by molar-refractivity contribution is 5.66. The Morgan fingerprint density at radius 1 is 1.75 bits per heavy atom. The maximum Gasteiger partial charge on any atom is 0.305 e. The van der Waals surface area contributed by atoms with Crippen molar-refractivity contribution < 1.29 is 14.3 Å². The summed E-state index contributed by atoms with van der Waals surface area (Å²) < 4.78 is 9.40. The summed E-state index contributed by atoms with van der Waals surface area (Å²) in [5.74, 6) is -0.278. The molecule has 0 N–H and O–H groups in total. The number of ether oxygens (including phenoxy) is 2. The lowest BCUT2D eigenvalue weighted by Crippen LogP contribution is -2.02. The Labute approximate surface area is 47.6 Å². The quantitative estimate of drug-likeness (QED) is 0.365. The Morgan fingerprint density at radius 3 is 2.38 bits per heavy atom. The third-order valence-corrected chi connectivity index (χ3v) is 0.938. The van der Waals surface area contributed by atoms with Crippen molar-refractivity contribution in [3.63, 3.8) is 0 Å². The van der Waals surface area contributed by atoms with Crippen LogP contribution in [0.2, 0.25) is 0 Å². The lowest BCUT2D eigenvalue weighted by molar-refractivity contribution is -0.145. The Morgan fingerprint density at radius 2 is 2.25 bits per heavy atom. The van der Waals surface area contributed by atoms with Gasteiger partial charge in [0.25, 0.3) is 0 Å². The molecule has 0 aromatic heterocycles. The van der Waals surface area contributed by atoms with E-state index in [1.54, 1.807) is 0 Å². The zero-order valence-corrected chi connectivity index (χ0v) is 4.88. The fourth-order valence-corrected chi connectivity index (χ4v) is 0.453. The predicted octanol–water partition coefficient (Wildman–Crippen LogP) is 0.294. The average molecular weight is 116 g/mol. The summed E-state index contributed by atoms with van der Waals surface area (Å²) in [5, 5.41) is 0. The summed E-state index contributed by atoms with van der Waals surface area (Å²) in [4.78, 5) is 10.1. The molecular formula is C5H8O3. The molecule has 1 aliphatic heterocycles. The first-order valence-corrected chi connectivity index (χ1v) is 2.53. The highest BCUT2D eigenvalue weighted by Gasteiger charge is 2.37. The number of rotatable bonds is 1. The second-order valence-electron chi connectivity index (χ2n) is 1.82. The van der Waals surface area contributed by atoms with Crippen LogP contribution in [0.25, 0.3) is 0 Å². The third-order valence-electron chi connectivity index (χ3n) is 0.938. The summed E-state index contributed by atoms with van der Waals surface area (Å²) in [5.41, 5.74) is 0. The normalized spacial score (nSPS) is 34.2. The molecule has 0 spiro atoms. The van der Waals surface area contributed by atoms with Crippen LogP contribution >= 0.6 is 0 Å². The predicted molar refractivity (Wildman–Crippen MR) is 26.1 cm³/mol. The van der Waals surface area contributed by atoms with E-state index in [1.807, 2.05) is 6.92 Å². The van der Waals surface area contributed by atoms with E-state index >= 15 is 0 Å². The van der Waals surface area contributed by atoms with Gasteiger partial charge in [-0.15, -0.1) is 0 Å². The molecule has 0 bridgehead atoms. The van der Waals surface area contributed by atoms with E-state index in [-0.39, 0.29) is 18.4 Å². The maximum atomic E-state index is 10.1. The van der Waals surface area contributed by atoms with E-state index in [4.69, 9.17) is 4.74 Å². The molecule has 0 aliphatic carbocycles. The molecule has 0 saturated carbocycles. The van der Waals surface area contributed by atoms with Crippen LogP contribution in [0.4, 0.5) is 0 Å². The van der Waals surface area contributed by atoms with Gasteiger partial charge in [-0.3, -0.25) is 4.79 Å². The minimum atomic E-state index is -0.278. The molecule has 1 aliphatic rings. The van der Waals surface area contributed by atoms with Crippen LogP contribution in [0, 0.1) is 0 Å². The highest BCUT2D eigenvalue weighted by Crippen LogP contribution is 2.21. The molecule has 1 rings (SSSR count). The first-order valence-electron chi connectivity index (χ1n) is 2.53. The molecule has 0 aromatic rings. The average Bonchev–Trinajstić information content (AvgIpc) is 2.17. The Bertz CT molecular complexity index is 110. The van der Waals surface area contributed by atoms with Gasteiger partial charge >= 0.3 is 5.97 Å². The molecule has 3 nitrogen and oxygen atoms in total. The Kier molecular flexibility index (Phi) is 1.21. The molecule has 2 unspecified atom stereocenters. The first-order chi connectivity index (χ1) is 3.70. The minimum absolute atomic E-state index is 0.110. The van der Waals surface area contributed by atoms with Gasteiger partial charge in [0, 0.05) is 6.92 Å². The summed E-state index contributed by atoms with van der Waals surface area (Å²) in [6.07, 6.45) is -0.147. The summed E-state index contributed by atoms with van der Waals surface area (Å²) in [6, 6.07) is 0. The van der Waals surface area contributed by atoms with E-state index < -0.39 is 0 Å². The van der Waals surface area contributed by atoms with Crippen molar-refractivity contribution >= 4 is 5.97 Å². The molecular weight excluding hydrogens is 108 g/mol. The van der Waals surface area contributed by atoms with Crippen molar-refractivity contribution in [1.82, 2.24) is 0 Å². The largest absolute Gasteiger partial charge is 0.433 e. The number of hydrogen-bond donors (Lipinski definition) is 0. The molecule has 1 saturated heterocycles. The van der Waals surface area contributed by atoms with Crippen molar-refractivity contribution in [3.8, 4) is 0 Å². The first kappa shape index (κ1) is 5.56. The molecule has 1 heterocycles. The summed E-state index contributed by atoms with van der Waals surface area (Å²) in [7, 11) is 0. The topological polar surface area (TPSA) is 38.8 Å². The fraction of sp³-hybridized carbons (Fsp3) is 0.800. The van der Waals surface area contributed by atoms with Crippen molar-refractivity contribution in [2.75, 3.05) is 0 Å². The van der Waals surface area contributed by atoms with Crippen molar-refractivity contribution in [2.24, 2.45) is 0 Å². The summed E-state index contributed by atoms with van der Waals surface area (Å²) in [6.45, 7) is 3.22. The number of carbonyl (C=O) groups excluding carboxylic acids is 1. The van der Waals surface area contributed by atoms with Crippen LogP contribution < -0.4 is 0 Å². The molecule has 46 valence electrons. The molecule has 3 heteroatoms. The lowest BCUT2D eigenvalue weighted by atomic mass is 10.5. The van der Waals surface area contributed by atoms with E-state index in [2.05, 4.69) is 4.74 Å². The van der Waals surface area contributed by atoms with Gasteiger partial charge in [-0.25, -0.2) is 0 Å². The van der Waals surface area contributed by atoms with Gasteiger partial charge in [-0.1, -0.05) is 0 Å². The van der Waals surface area contributed by atoms with Gasteiger partial charge in [-0.05, 0) is 6.92 Å². The lowest BCUT2D eigenvalue weighted by Gasteiger charge is -1.90. The van der Waals surface area contributed by atoms with E-state index in [0.717, 1.165) is 0 Å². The third kappa shape index (κ3) is 1.20.